The molecule has 1 aliphatic carbocycles. The van der Waals surface area contributed by atoms with E-state index in [0.717, 1.165) is 26.1 Å². The molecular formula is C14H25NO3. The zero-order chi connectivity index (χ0) is 12.8. The molecule has 4 heteroatoms. The second kappa shape index (κ2) is 7.10. The maximum Gasteiger partial charge on any atom is 0.323 e. The maximum atomic E-state index is 12.1. The quantitative estimate of drug-likeness (QED) is 0.762. The van der Waals surface area contributed by atoms with Crippen molar-refractivity contribution in [2.75, 3.05) is 19.8 Å². The van der Waals surface area contributed by atoms with Crippen LogP contribution in [0.1, 0.15) is 45.4 Å². The van der Waals surface area contributed by atoms with Gasteiger partial charge in [0.15, 0.2) is 0 Å². The smallest absolute Gasteiger partial charge is 0.323 e. The molecule has 0 aromatic rings. The first-order valence-corrected chi connectivity index (χ1v) is 7.31. The normalized spacial score (nSPS) is 24.1. The Kier molecular flexibility index (Phi) is 5.45. The van der Waals surface area contributed by atoms with Crippen molar-refractivity contribution in [3.63, 3.8) is 0 Å². The molecular weight excluding hydrogens is 230 g/mol. The van der Waals surface area contributed by atoms with Crippen LogP contribution in [0.5, 0.6) is 0 Å². The highest BCUT2D eigenvalue weighted by molar-refractivity contribution is 5.76. The zero-order valence-corrected chi connectivity index (χ0v) is 11.3. The first-order valence-electron chi connectivity index (χ1n) is 7.31. The van der Waals surface area contributed by atoms with Crippen LogP contribution in [0.4, 0.5) is 0 Å². The van der Waals surface area contributed by atoms with Crippen LogP contribution in [0.3, 0.4) is 0 Å². The predicted molar refractivity (Wildman–Crippen MR) is 69.4 cm³/mol. The van der Waals surface area contributed by atoms with Crippen LogP contribution in [-0.2, 0) is 14.3 Å². The van der Waals surface area contributed by atoms with Gasteiger partial charge in [-0.15, -0.1) is 0 Å². The van der Waals surface area contributed by atoms with Gasteiger partial charge in [-0.3, -0.25) is 4.79 Å². The van der Waals surface area contributed by atoms with Gasteiger partial charge in [0.2, 0.25) is 0 Å². The second-order valence-corrected chi connectivity index (χ2v) is 5.33. The van der Waals surface area contributed by atoms with Crippen molar-refractivity contribution in [2.45, 2.75) is 57.5 Å². The van der Waals surface area contributed by atoms with Crippen molar-refractivity contribution < 1.29 is 14.3 Å². The number of ether oxygens (including phenoxy) is 2. The summed E-state index contributed by atoms with van der Waals surface area (Å²) in [5, 5.41) is 3.54. The minimum Gasteiger partial charge on any atom is -0.465 e. The molecule has 1 atom stereocenters. The van der Waals surface area contributed by atoms with Crippen LogP contribution < -0.4 is 5.32 Å². The van der Waals surface area contributed by atoms with Crippen molar-refractivity contribution >= 4 is 5.97 Å². The highest BCUT2D eigenvalue weighted by Crippen LogP contribution is 2.24. The maximum absolute atomic E-state index is 12.1. The van der Waals surface area contributed by atoms with Gasteiger partial charge >= 0.3 is 5.97 Å². The van der Waals surface area contributed by atoms with E-state index in [-0.39, 0.29) is 12.0 Å². The Morgan fingerprint density at radius 3 is 2.56 bits per heavy atom. The fraction of sp³-hybridized carbons (Fsp3) is 0.929. The topological polar surface area (TPSA) is 47.6 Å². The summed E-state index contributed by atoms with van der Waals surface area (Å²) < 4.78 is 10.6. The Labute approximate surface area is 109 Å². The Morgan fingerprint density at radius 2 is 1.94 bits per heavy atom. The number of esters is 1. The lowest BCUT2D eigenvalue weighted by Crippen LogP contribution is -2.49. The number of rotatable bonds is 5. The first kappa shape index (κ1) is 13.8. The molecule has 104 valence electrons. The minimum atomic E-state index is -0.128. The summed E-state index contributed by atoms with van der Waals surface area (Å²) in [4.78, 5) is 12.1. The van der Waals surface area contributed by atoms with E-state index >= 15 is 0 Å². The van der Waals surface area contributed by atoms with Crippen molar-refractivity contribution in [2.24, 2.45) is 5.92 Å². The molecule has 1 saturated heterocycles. The summed E-state index contributed by atoms with van der Waals surface area (Å²) >= 11 is 0. The Hall–Kier alpha value is -0.610. The van der Waals surface area contributed by atoms with Crippen molar-refractivity contribution in [3.8, 4) is 0 Å². The van der Waals surface area contributed by atoms with Gasteiger partial charge in [-0.1, -0.05) is 12.8 Å². The molecule has 0 bridgehead atoms. The predicted octanol–water partition coefficient (Wildman–Crippen LogP) is 1.88. The lowest BCUT2D eigenvalue weighted by atomic mass is 9.91. The van der Waals surface area contributed by atoms with Gasteiger partial charge in [0.1, 0.15) is 6.04 Å². The SMILES string of the molecule is CCOC(=O)C(NC1CCCC1)C1CCOCC1. The largest absolute Gasteiger partial charge is 0.465 e. The van der Waals surface area contributed by atoms with Crippen LogP contribution in [0.15, 0.2) is 0 Å². The molecule has 2 fully saturated rings. The third-order valence-corrected chi connectivity index (χ3v) is 4.05. The van der Waals surface area contributed by atoms with Gasteiger partial charge in [0.05, 0.1) is 6.61 Å². The van der Waals surface area contributed by atoms with Crippen LogP contribution in [0.25, 0.3) is 0 Å². The van der Waals surface area contributed by atoms with E-state index in [1.807, 2.05) is 6.92 Å². The van der Waals surface area contributed by atoms with E-state index < -0.39 is 0 Å². The lowest BCUT2D eigenvalue weighted by molar-refractivity contribution is -0.148. The molecule has 4 nitrogen and oxygen atoms in total. The third-order valence-electron chi connectivity index (χ3n) is 4.05. The highest BCUT2D eigenvalue weighted by Gasteiger charge is 2.33. The number of nitrogens with one attached hydrogen (secondary N) is 1. The minimum absolute atomic E-state index is 0.0729. The van der Waals surface area contributed by atoms with Gasteiger partial charge in [-0.05, 0) is 38.5 Å². The number of hydrogen-bond donors (Lipinski definition) is 1. The number of hydrogen-bond acceptors (Lipinski definition) is 4. The molecule has 2 aliphatic rings. The van der Waals surface area contributed by atoms with Crippen LogP contribution in [0.2, 0.25) is 0 Å². The molecule has 18 heavy (non-hydrogen) atoms. The van der Waals surface area contributed by atoms with Crippen molar-refractivity contribution in [1.29, 1.82) is 0 Å². The zero-order valence-electron chi connectivity index (χ0n) is 11.3. The first-order chi connectivity index (χ1) is 8.81. The average Bonchev–Trinajstić information content (AvgIpc) is 2.90. The molecule has 1 aliphatic heterocycles. The van der Waals surface area contributed by atoms with Crippen LogP contribution in [-0.4, -0.2) is 37.9 Å². The molecule has 2 rings (SSSR count). The second-order valence-electron chi connectivity index (χ2n) is 5.33. The number of carbonyl (C=O) groups is 1. The summed E-state index contributed by atoms with van der Waals surface area (Å²) in [6, 6.07) is 0.374. The van der Waals surface area contributed by atoms with E-state index in [2.05, 4.69) is 5.32 Å². The lowest BCUT2D eigenvalue weighted by Gasteiger charge is -2.31. The molecule has 0 radical (unpaired) electrons. The average molecular weight is 255 g/mol. The number of carbonyl (C=O) groups excluding carboxylic acids is 1. The van der Waals surface area contributed by atoms with E-state index in [0.29, 0.717) is 18.6 Å². The third kappa shape index (κ3) is 3.69. The van der Waals surface area contributed by atoms with E-state index in [4.69, 9.17) is 9.47 Å². The Balaban J connectivity index is 1.93. The molecule has 0 aromatic carbocycles. The summed E-state index contributed by atoms with van der Waals surface area (Å²) in [7, 11) is 0. The molecule has 0 aromatic heterocycles. The molecule has 1 saturated carbocycles. The molecule has 0 spiro atoms. The Morgan fingerprint density at radius 1 is 1.28 bits per heavy atom. The molecule has 1 unspecified atom stereocenters. The van der Waals surface area contributed by atoms with E-state index in [1.54, 1.807) is 0 Å². The fourth-order valence-electron chi connectivity index (χ4n) is 3.02. The summed E-state index contributed by atoms with van der Waals surface area (Å²) in [6.45, 7) is 3.87. The Bertz CT molecular complexity index is 258. The summed E-state index contributed by atoms with van der Waals surface area (Å²) in [5.41, 5.74) is 0. The van der Waals surface area contributed by atoms with Gasteiger partial charge < -0.3 is 14.8 Å². The highest BCUT2D eigenvalue weighted by atomic mass is 16.5. The van der Waals surface area contributed by atoms with Gasteiger partial charge in [0, 0.05) is 19.3 Å². The van der Waals surface area contributed by atoms with Crippen molar-refractivity contribution in [1.82, 2.24) is 5.32 Å². The fourth-order valence-corrected chi connectivity index (χ4v) is 3.02. The standard InChI is InChI=1S/C14H25NO3/c1-2-18-14(16)13(11-7-9-17-10-8-11)15-12-5-3-4-6-12/h11-13,15H,2-10H2,1H3. The molecule has 1 N–H and O–H groups in total. The van der Waals surface area contributed by atoms with Crippen LogP contribution in [0, 0.1) is 5.92 Å². The van der Waals surface area contributed by atoms with Crippen molar-refractivity contribution in [3.05, 3.63) is 0 Å². The van der Waals surface area contributed by atoms with Gasteiger partial charge in [-0.2, -0.15) is 0 Å². The van der Waals surface area contributed by atoms with Gasteiger partial charge in [0.25, 0.3) is 0 Å². The van der Waals surface area contributed by atoms with Crippen LogP contribution >= 0.6 is 0 Å². The molecule has 1 heterocycles. The summed E-state index contributed by atoms with van der Waals surface area (Å²) in [5.74, 6) is 0.301. The monoisotopic (exact) mass is 255 g/mol. The van der Waals surface area contributed by atoms with E-state index in [9.17, 15) is 4.79 Å². The van der Waals surface area contributed by atoms with Gasteiger partial charge in [-0.25, -0.2) is 0 Å². The molecule has 0 amide bonds. The van der Waals surface area contributed by atoms with E-state index in [1.165, 1.54) is 25.7 Å². The summed E-state index contributed by atoms with van der Waals surface area (Å²) in [6.07, 6.45) is 6.87.